The summed E-state index contributed by atoms with van der Waals surface area (Å²) in [6.45, 7) is 3.60. The molecule has 0 spiro atoms. The molecule has 2 rings (SSSR count). The van der Waals surface area contributed by atoms with Gasteiger partial charge in [-0.05, 0) is 31.5 Å². The Kier molecular flexibility index (Phi) is 3.46. The van der Waals surface area contributed by atoms with Gasteiger partial charge in [-0.2, -0.15) is 5.10 Å². The van der Waals surface area contributed by atoms with E-state index in [1.54, 1.807) is 13.1 Å². The number of esters is 1. The molecule has 5 heteroatoms. The van der Waals surface area contributed by atoms with Crippen LogP contribution < -0.4 is 5.43 Å². The minimum atomic E-state index is -0.727. The van der Waals surface area contributed by atoms with Crippen LogP contribution in [-0.2, 0) is 4.74 Å². The average molecular weight is 258 g/mol. The van der Waals surface area contributed by atoms with Crippen LogP contribution in [0.2, 0.25) is 0 Å². The molecule has 2 aromatic rings. The van der Waals surface area contributed by atoms with E-state index in [-0.39, 0.29) is 5.69 Å². The van der Waals surface area contributed by atoms with Gasteiger partial charge in [0, 0.05) is 11.8 Å². The molecule has 0 aliphatic carbocycles. The molecule has 0 unspecified atom stereocenters. The summed E-state index contributed by atoms with van der Waals surface area (Å²) in [6.07, 6.45) is 1.60. The van der Waals surface area contributed by atoms with E-state index in [1.807, 2.05) is 31.2 Å². The number of ether oxygens (including phenoxy) is 1. The topological polar surface area (TPSA) is 61.2 Å². The van der Waals surface area contributed by atoms with E-state index in [0.717, 1.165) is 11.3 Å². The molecule has 98 valence electrons. The fourth-order valence-electron chi connectivity index (χ4n) is 1.74. The first kappa shape index (κ1) is 13.0. The molecule has 0 amide bonds. The standard InChI is InChI=1S/C14H14N2O3/c1-9-5-4-6-11(7-9)16-8-10(2)13(17)12(15-16)14(18)19-3/h4-8H,1-3H3. The van der Waals surface area contributed by atoms with E-state index in [0.29, 0.717) is 5.56 Å². The predicted octanol–water partition coefficient (Wildman–Crippen LogP) is 1.64. The van der Waals surface area contributed by atoms with Gasteiger partial charge in [-0.1, -0.05) is 12.1 Å². The Labute approximate surface area is 110 Å². The van der Waals surface area contributed by atoms with Gasteiger partial charge < -0.3 is 4.74 Å². The minimum absolute atomic E-state index is 0.205. The molecule has 0 N–H and O–H groups in total. The van der Waals surface area contributed by atoms with E-state index >= 15 is 0 Å². The van der Waals surface area contributed by atoms with Gasteiger partial charge in [-0.25, -0.2) is 9.48 Å². The van der Waals surface area contributed by atoms with Crippen LogP contribution in [0.25, 0.3) is 5.69 Å². The largest absolute Gasteiger partial charge is 0.464 e. The van der Waals surface area contributed by atoms with Gasteiger partial charge in [0.1, 0.15) is 0 Å². The normalized spacial score (nSPS) is 10.3. The Morgan fingerprint density at radius 3 is 2.68 bits per heavy atom. The third-order valence-electron chi connectivity index (χ3n) is 2.74. The highest BCUT2D eigenvalue weighted by molar-refractivity contribution is 5.87. The number of hydrogen-bond acceptors (Lipinski definition) is 4. The van der Waals surface area contributed by atoms with Crippen LogP contribution >= 0.6 is 0 Å². The number of methoxy groups -OCH3 is 1. The van der Waals surface area contributed by atoms with Crippen LogP contribution in [0.4, 0.5) is 0 Å². The fourth-order valence-corrected chi connectivity index (χ4v) is 1.74. The van der Waals surface area contributed by atoms with E-state index < -0.39 is 11.4 Å². The van der Waals surface area contributed by atoms with E-state index in [9.17, 15) is 9.59 Å². The maximum absolute atomic E-state index is 11.8. The zero-order valence-electron chi connectivity index (χ0n) is 11.0. The summed E-state index contributed by atoms with van der Waals surface area (Å²) in [5, 5.41) is 4.04. The first-order chi connectivity index (χ1) is 9.02. The van der Waals surface area contributed by atoms with Gasteiger partial charge in [0.2, 0.25) is 11.1 Å². The molecule has 0 saturated heterocycles. The zero-order valence-corrected chi connectivity index (χ0v) is 11.0. The summed E-state index contributed by atoms with van der Waals surface area (Å²) in [4.78, 5) is 23.4. The van der Waals surface area contributed by atoms with Crippen molar-refractivity contribution < 1.29 is 9.53 Å². The van der Waals surface area contributed by atoms with Gasteiger partial charge in [0.05, 0.1) is 12.8 Å². The second-order valence-electron chi connectivity index (χ2n) is 4.26. The van der Waals surface area contributed by atoms with Crippen LogP contribution in [0.3, 0.4) is 0 Å². The monoisotopic (exact) mass is 258 g/mol. The number of nitrogens with zero attached hydrogens (tertiary/aromatic N) is 2. The number of aromatic nitrogens is 2. The molecule has 0 aliphatic heterocycles. The summed E-state index contributed by atoms with van der Waals surface area (Å²) in [5.41, 5.74) is 1.68. The fraction of sp³-hybridized carbons (Fsp3) is 0.214. The van der Waals surface area contributed by atoms with Crippen LogP contribution in [0.5, 0.6) is 0 Å². The highest BCUT2D eigenvalue weighted by Gasteiger charge is 2.16. The Bertz CT molecular complexity index is 689. The van der Waals surface area contributed by atoms with Gasteiger partial charge in [0.15, 0.2) is 0 Å². The molecular weight excluding hydrogens is 244 g/mol. The third kappa shape index (κ3) is 2.54. The molecule has 0 atom stereocenters. The number of aryl methyl sites for hydroxylation is 2. The molecule has 0 bridgehead atoms. The van der Waals surface area contributed by atoms with E-state index in [1.165, 1.54) is 11.8 Å². The van der Waals surface area contributed by atoms with Crippen molar-refractivity contribution in [2.45, 2.75) is 13.8 Å². The lowest BCUT2D eigenvalue weighted by Crippen LogP contribution is -2.24. The average Bonchev–Trinajstić information content (AvgIpc) is 2.40. The highest BCUT2D eigenvalue weighted by atomic mass is 16.5. The molecule has 0 saturated carbocycles. The quantitative estimate of drug-likeness (QED) is 0.768. The smallest absolute Gasteiger partial charge is 0.362 e. The summed E-state index contributed by atoms with van der Waals surface area (Å²) < 4.78 is 6.08. The molecule has 1 aromatic carbocycles. The highest BCUT2D eigenvalue weighted by Crippen LogP contribution is 2.09. The molecule has 0 fully saturated rings. The Balaban J connectivity index is 2.63. The van der Waals surface area contributed by atoms with Gasteiger partial charge >= 0.3 is 5.97 Å². The Hall–Kier alpha value is -2.43. The van der Waals surface area contributed by atoms with Crippen molar-refractivity contribution in [3.8, 4) is 5.69 Å². The SMILES string of the molecule is COC(=O)c1nn(-c2cccc(C)c2)cc(C)c1=O. The summed E-state index contributed by atoms with van der Waals surface area (Å²) in [6, 6.07) is 7.61. The number of rotatable bonds is 2. The van der Waals surface area contributed by atoms with Crippen molar-refractivity contribution in [2.75, 3.05) is 7.11 Å². The van der Waals surface area contributed by atoms with Crippen molar-refractivity contribution in [3.63, 3.8) is 0 Å². The first-order valence-corrected chi connectivity index (χ1v) is 5.79. The molecule has 19 heavy (non-hydrogen) atoms. The van der Waals surface area contributed by atoms with Crippen molar-refractivity contribution in [2.24, 2.45) is 0 Å². The van der Waals surface area contributed by atoms with Crippen molar-refractivity contribution in [1.29, 1.82) is 0 Å². The van der Waals surface area contributed by atoms with Gasteiger partial charge in [-0.3, -0.25) is 4.79 Å². The minimum Gasteiger partial charge on any atom is -0.464 e. The first-order valence-electron chi connectivity index (χ1n) is 5.79. The zero-order chi connectivity index (χ0) is 14.0. The predicted molar refractivity (Wildman–Crippen MR) is 70.6 cm³/mol. The molecule has 1 heterocycles. The lowest BCUT2D eigenvalue weighted by Gasteiger charge is -2.08. The van der Waals surface area contributed by atoms with Crippen molar-refractivity contribution >= 4 is 5.97 Å². The second kappa shape index (κ2) is 5.06. The molecule has 5 nitrogen and oxygen atoms in total. The second-order valence-corrected chi connectivity index (χ2v) is 4.26. The van der Waals surface area contributed by atoms with Crippen LogP contribution in [0.15, 0.2) is 35.3 Å². The van der Waals surface area contributed by atoms with Crippen molar-refractivity contribution in [3.05, 3.63) is 57.5 Å². The summed E-state index contributed by atoms with van der Waals surface area (Å²) in [7, 11) is 1.22. The summed E-state index contributed by atoms with van der Waals surface area (Å²) >= 11 is 0. The van der Waals surface area contributed by atoms with E-state index in [2.05, 4.69) is 9.84 Å². The molecule has 0 aliphatic rings. The van der Waals surface area contributed by atoms with Crippen LogP contribution in [-0.4, -0.2) is 22.9 Å². The van der Waals surface area contributed by atoms with Gasteiger partial charge in [-0.15, -0.1) is 0 Å². The number of hydrogen-bond donors (Lipinski definition) is 0. The van der Waals surface area contributed by atoms with Crippen LogP contribution in [0, 0.1) is 13.8 Å². The van der Waals surface area contributed by atoms with Gasteiger partial charge in [0.25, 0.3) is 0 Å². The molecule has 0 radical (unpaired) electrons. The lowest BCUT2D eigenvalue weighted by atomic mass is 10.2. The number of carbonyl (C=O) groups excluding carboxylic acids is 1. The number of carbonyl (C=O) groups is 1. The van der Waals surface area contributed by atoms with Crippen molar-refractivity contribution in [1.82, 2.24) is 9.78 Å². The maximum atomic E-state index is 11.8. The Morgan fingerprint density at radius 2 is 2.05 bits per heavy atom. The van der Waals surface area contributed by atoms with Crippen LogP contribution in [0.1, 0.15) is 21.6 Å². The Morgan fingerprint density at radius 1 is 1.32 bits per heavy atom. The molecular formula is C14H14N2O3. The third-order valence-corrected chi connectivity index (χ3v) is 2.74. The van der Waals surface area contributed by atoms with E-state index in [4.69, 9.17) is 0 Å². The number of benzene rings is 1. The summed E-state index contributed by atoms with van der Waals surface area (Å²) in [5.74, 6) is -0.727. The lowest BCUT2D eigenvalue weighted by molar-refractivity contribution is 0.0590. The maximum Gasteiger partial charge on any atom is 0.362 e. The molecule has 1 aromatic heterocycles.